The van der Waals surface area contributed by atoms with E-state index in [1.807, 2.05) is 6.92 Å². The van der Waals surface area contributed by atoms with Gasteiger partial charge in [-0.3, -0.25) is 4.79 Å². The van der Waals surface area contributed by atoms with Crippen molar-refractivity contribution in [3.63, 3.8) is 0 Å². The van der Waals surface area contributed by atoms with Gasteiger partial charge in [-0.2, -0.15) is 0 Å². The van der Waals surface area contributed by atoms with Gasteiger partial charge in [0.05, 0.1) is 6.61 Å². The summed E-state index contributed by atoms with van der Waals surface area (Å²) < 4.78 is 4.80. The van der Waals surface area contributed by atoms with Crippen molar-refractivity contribution in [1.29, 1.82) is 0 Å². The lowest BCUT2D eigenvalue weighted by Crippen LogP contribution is -2.46. The number of likely N-dealkylation sites (N-methyl/N-ethyl adjacent to an activating group) is 1. The molecular formula is C12H23N3O5. The summed E-state index contributed by atoms with van der Waals surface area (Å²) >= 11 is 0. The molecule has 0 aromatic rings. The third kappa shape index (κ3) is 8.30. The Bertz CT molecular complexity index is 333. The third-order valence-corrected chi connectivity index (χ3v) is 2.35. The first-order valence-corrected chi connectivity index (χ1v) is 6.41. The number of rotatable bonds is 9. The van der Waals surface area contributed by atoms with Gasteiger partial charge in [0.25, 0.3) is 0 Å². The number of hydrogen-bond donors (Lipinski definition) is 2. The number of nitrogens with zero attached hydrogens (tertiary/aromatic N) is 2. The van der Waals surface area contributed by atoms with Crippen molar-refractivity contribution in [2.75, 3.05) is 46.9 Å². The second kappa shape index (κ2) is 10.0. The first-order valence-electron chi connectivity index (χ1n) is 6.41. The molecule has 0 aliphatic rings. The van der Waals surface area contributed by atoms with Gasteiger partial charge >= 0.3 is 12.0 Å². The van der Waals surface area contributed by atoms with Gasteiger partial charge in [0.2, 0.25) is 5.91 Å². The molecule has 3 amide bonds. The molecule has 0 bridgehead atoms. The van der Waals surface area contributed by atoms with Crippen LogP contribution in [0.1, 0.15) is 13.3 Å². The number of carbonyl (C=O) groups is 3. The number of hydrogen-bond acceptors (Lipinski definition) is 4. The zero-order valence-electron chi connectivity index (χ0n) is 12.2. The Morgan fingerprint density at radius 2 is 1.90 bits per heavy atom. The average molecular weight is 289 g/mol. The first kappa shape index (κ1) is 18.2. The van der Waals surface area contributed by atoms with E-state index in [2.05, 4.69) is 5.32 Å². The highest BCUT2D eigenvalue weighted by atomic mass is 16.5. The lowest BCUT2D eigenvalue weighted by molar-refractivity contribution is -0.142. The highest BCUT2D eigenvalue weighted by Gasteiger charge is 2.16. The molecule has 0 atom stereocenters. The average Bonchev–Trinajstić information content (AvgIpc) is 2.36. The second-order valence-electron chi connectivity index (χ2n) is 4.39. The molecule has 0 radical (unpaired) electrons. The van der Waals surface area contributed by atoms with Crippen molar-refractivity contribution < 1.29 is 24.2 Å². The highest BCUT2D eigenvalue weighted by molar-refractivity contribution is 5.83. The van der Waals surface area contributed by atoms with Crippen LogP contribution >= 0.6 is 0 Å². The summed E-state index contributed by atoms with van der Waals surface area (Å²) in [5, 5.41) is 11.0. The van der Waals surface area contributed by atoms with Crippen LogP contribution in [-0.2, 0) is 14.3 Å². The van der Waals surface area contributed by atoms with E-state index in [0.29, 0.717) is 6.54 Å². The van der Waals surface area contributed by atoms with E-state index < -0.39 is 12.6 Å². The van der Waals surface area contributed by atoms with Crippen molar-refractivity contribution in [3.05, 3.63) is 0 Å². The fourth-order valence-corrected chi connectivity index (χ4v) is 1.33. The van der Waals surface area contributed by atoms with Crippen LogP contribution in [0.3, 0.4) is 0 Å². The second-order valence-corrected chi connectivity index (χ2v) is 4.39. The van der Waals surface area contributed by atoms with Crippen molar-refractivity contribution in [2.24, 2.45) is 0 Å². The number of nitrogens with one attached hydrogen (secondary N) is 1. The number of ether oxygens (including phenoxy) is 1. The number of amides is 3. The number of urea groups is 1. The predicted molar refractivity (Wildman–Crippen MR) is 72.4 cm³/mol. The molecule has 0 unspecified atom stereocenters. The van der Waals surface area contributed by atoms with Crippen molar-refractivity contribution in [1.82, 2.24) is 15.1 Å². The molecule has 0 saturated carbocycles. The molecule has 0 heterocycles. The van der Waals surface area contributed by atoms with Crippen LogP contribution < -0.4 is 5.32 Å². The van der Waals surface area contributed by atoms with E-state index in [1.165, 1.54) is 9.80 Å². The van der Waals surface area contributed by atoms with Gasteiger partial charge in [0, 0.05) is 27.2 Å². The number of carboxylic acid groups (broad SMARTS) is 1. The quantitative estimate of drug-likeness (QED) is 0.563. The molecule has 8 heteroatoms. The SMILES string of the molecule is CCCN(CC(=O)N(C)C)C(=O)NCCOCC(=O)O. The van der Waals surface area contributed by atoms with Crippen molar-refractivity contribution >= 4 is 17.9 Å². The Kier molecular flexibility index (Phi) is 9.10. The van der Waals surface area contributed by atoms with Crippen molar-refractivity contribution in [3.8, 4) is 0 Å². The molecule has 2 N–H and O–H groups in total. The Morgan fingerprint density at radius 3 is 2.40 bits per heavy atom. The van der Waals surface area contributed by atoms with Gasteiger partial charge in [-0.1, -0.05) is 6.92 Å². The van der Waals surface area contributed by atoms with Gasteiger partial charge in [-0.15, -0.1) is 0 Å². The summed E-state index contributed by atoms with van der Waals surface area (Å²) in [5.74, 6) is -1.21. The summed E-state index contributed by atoms with van der Waals surface area (Å²) in [7, 11) is 3.26. The van der Waals surface area contributed by atoms with Crippen molar-refractivity contribution in [2.45, 2.75) is 13.3 Å². The molecule has 0 aromatic heterocycles. The van der Waals surface area contributed by atoms with Crippen LogP contribution in [0.25, 0.3) is 0 Å². The number of aliphatic carboxylic acids is 1. The predicted octanol–water partition coefficient (Wildman–Crippen LogP) is -0.403. The Hall–Kier alpha value is -1.83. The van der Waals surface area contributed by atoms with Crippen LogP contribution in [0, 0.1) is 0 Å². The number of carbonyl (C=O) groups excluding carboxylic acids is 2. The van der Waals surface area contributed by atoms with E-state index in [9.17, 15) is 14.4 Å². The summed E-state index contributed by atoms with van der Waals surface area (Å²) in [4.78, 5) is 36.5. The molecule has 0 fully saturated rings. The topological polar surface area (TPSA) is 99.2 Å². The maximum absolute atomic E-state index is 11.9. The van der Waals surface area contributed by atoms with E-state index in [4.69, 9.17) is 9.84 Å². The molecular weight excluding hydrogens is 266 g/mol. The van der Waals surface area contributed by atoms with Gasteiger partial charge in [-0.05, 0) is 6.42 Å². The van der Waals surface area contributed by atoms with E-state index in [-0.39, 0.29) is 31.6 Å². The fourth-order valence-electron chi connectivity index (χ4n) is 1.33. The molecule has 0 spiro atoms. The summed E-state index contributed by atoms with van der Waals surface area (Å²) in [6, 6.07) is -0.360. The van der Waals surface area contributed by atoms with Gasteiger partial charge in [0.1, 0.15) is 13.2 Å². The first-order chi connectivity index (χ1) is 9.38. The smallest absolute Gasteiger partial charge is 0.329 e. The van der Waals surface area contributed by atoms with Crippen LogP contribution in [0.5, 0.6) is 0 Å². The van der Waals surface area contributed by atoms with Gasteiger partial charge < -0.3 is 25.0 Å². The van der Waals surface area contributed by atoms with Crippen LogP contribution in [0.2, 0.25) is 0 Å². The molecule has 20 heavy (non-hydrogen) atoms. The summed E-state index contributed by atoms with van der Waals surface area (Å²) in [6.45, 7) is 2.32. The molecule has 0 aliphatic carbocycles. The van der Waals surface area contributed by atoms with E-state index >= 15 is 0 Å². The van der Waals surface area contributed by atoms with Crippen LogP contribution in [-0.4, -0.2) is 79.8 Å². The zero-order chi connectivity index (χ0) is 15.5. The minimum atomic E-state index is -1.06. The standard InChI is InChI=1S/C12H23N3O5/c1-4-6-15(8-10(16)14(2)3)12(19)13-5-7-20-9-11(17)18/h4-9H2,1-3H3,(H,13,19)(H,17,18). The Balaban J connectivity index is 4.09. The summed E-state index contributed by atoms with van der Waals surface area (Å²) in [6.07, 6.45) is 0.740. The minimum absolute atomic E-state index is 0.0165. The molecule has 0 aliphatic heterocycles. The highest BCUT2D eigenvalue weighted by Crippen LogP contribution is 1.94. The van der Waals surface area contributed by atoms with E-state index in [1.54, 1.807) is 14.1 Å². The maximum Gasteiger partial charge on any atom is 0.329 e. The fraction of sp³-hybridized carbons (Fsp3) is 0.750. The normalized spacial score (nSPS) is 9.95. The Morgan fingerprint density at radius 1 is 1.25 bits per heavy atom. The molecule has 8 nitrogen and oxygen atoms in total. The zero-order valence-corrected chi connectivity index (χ0v) is 12.2. The summed E-state index contributed by atoms with van der Waals surface area (Å²) in [5.41, 5.74) is 0. The van der Waals surface area contributed by atoms with Gasteiger partial charge in [-0.25, -0.2) is 9.59 Å². The van der Waals surface area contributed by atoms with Gasteiger partial charge in [0.15, 0.2) is 0 Å². The van der Waals surface area contributed by atoms with Crippen LogP contribution in [0.4, 0.5) is 4.79 Å². The number of carboxylic acids is 1. The monoisotopic (exact) mass is 289 g/mol. The molecule has 0 saturated heterocycles. The molecule has 0 rings (SSSR count). The molecule has 116 valence electrons. The minimum Gasteiger partial charge on any atom is -0.480 e. The third-order valence-electron chi connectivity index (χ3n) is 2.35. The van der Waals surface area contributed by atoms with Crippen LogP contribution in [0.15, 0.2) is 0 Å². The lowest BCUT2D eigenvalue weighted by atomic mass is 10.4. The largest absolute Gasteiger partial charge is 0.480 e. The Labute approximate surface area is 118 Å². The van der Waals surface area contributed by atoms with E-state index in [0.717, 1.165) is 6.42 Å². The maximum atomic E-state index is 11.9. The molecule has 0 aromatic carbocycles. The lowest BCUT2D eigenvalue weighted by Gasteiger charge is -2.23.